The van der Waals surface area contributed by atoms with Crippen LogP contribution in [0.5, 0.6) is 11.5 Å². The zero-order valence-electron chi connectivity index (χ0n) is 14.2. The maximum Gasteiger partial charge on any atom is 0.127 e. The highest BCUT2D eigenvalue weighted by Crippen LogP contribution is 2.29. The topological polar surface area (TPSA) is 26.3 Å². The summed E-state index contributed by atoms with van der Waals surface area (Å²) in [6.45, 7) is 4.00. The third-order valence-electron chi connectivity index (χ3n) is 3.18. The molecule has 0 spiro atoms. The molecule has 0 amide bonds. The summed E-state index contributed by atoms with van der Waals surface area (Å²) in [7, 11) is -1.42. The molecule has 1 unspecified atom stereocenters. The molecule has 0 N–H and O–H groups in total. The molecule has 1 atom stereocenters. The number of benzene rings is 3. The monoisotopic (exact) mass is 426 g/mol. The van der Waals surface area contributed by atoms with Gasteiger partial charge in [0.15, 0.2) is 0 Å². The van der Waals surface area contributed by atoms with Crippen LogP contribution < -0.4 is 4.74 Å². The van der Waals surface area contributed by atoms with Crippen LogP contribution in [0.15, 0.2) is 76.5 Å². The quantitative estimate of drug-likeness (QED) is 0.428. The fraction of sp³-hybridized carbons (Fsp3) is 0.100. The molecule has 0 aliphatic heterocycles. The lowest BCUT2D eigenvalue weighted by atomic mass is 10.3. The Bertz CT molecular complexity index is 879. The predicted molar refractivity (Wildman–Crippen MR) is 110 cm³/mol. The highest BCUT2D eigenvalue weighted by Gasteiger charge is 2.12. The minimum Gasteiger partial charge on any atom is -0.457 e. The summed E-state index contributed by atoms with van der Waals surface area (Å²) in [5.41, 5.74) is 0. The lowest BCUT2D eigenvalue weighted by molar-refractivity contribution is 0.482. The first kappa shape index (κ1) is 20.8. The molecule has 0 fully saturated rings. The number of ether oxygens (including phenoxy) is 1. The van der Waals surface area contributed by atoms with E-state index in [2.05, 4.69) is 0 Å². The zero-order valence-corrected chi connectivity index (χ0v) is 17.3. The van der Waals surface area contributed by atoms with Gasteiger partial charge in [-0.25, -0.2) is 4.21 Å². The Balaban J connectivity index is 0.00000117. The SMILES string of the molecule is CC.O=S(c1ccc(Oc2ccc(Cl)cc2)cc1)c1cc(Cl)ccc1Cl. The van der Waals surface area contributed by atoms with Gasteiger partial charge < -0.3 is 4.74 Å². The third-order valence-corrected chi connectivity index (χ3v) is 5.55. The zero-order chi connectivity index (χ0) is 19.1. The predicted octanol–water partition coefficient (Wildman–Crippen LogP) is 7.63. The molecule has 2 nitrogen and oxygen atoms in total. The van der Waals surface area contributed by atoms with Gasteiger partial charge in [0, 0.05) is 14.9 Å². The summed E-state index contributed by atoms with van der Waals surface area (Å²) in [5, 5.41) is 1.55. The Labute approximate surface area is 171 Å². The van der Waals surface area contributed by atoms with Crippen molar-refractivity contribution in [1.29, 1.82) is 0 Å². The fourth-order valence-electron chi connectivity index (χ4n) is 2.02. The van der Waals surface area contributed by atoms with Crippen LogP contribution in [-0.4, -0.2) is 4.21 Å². The van der Waals surface area contributed by atoms with E-state index in [1.54, 1.807) is 66.7 Å². The number of rotatable bonds is 4. The Morgan fingerprint density at radius 1 is 0.731 bits per heavy atom. The second-order valence-electron chi connectivity index (χ2n) is 4.87. The molecule has 0 heterocycles. The van der Waals surface area contributed by atoms with Crippen molar-refractivity contribution >= 4 is 45.6 Å². The van der Waals surface area contributed by atoms with Crippen LogP contribution in [0.3, 0.4) is 0 Å². The van der Waals surface area contributed by atoms with Crippen molar-refractivity contribution in [3.05, 3.63) is 81.8 Å². The van der Waals surface area contributed by atoms with E-state index in [1.807, 2.05) is 13.8 Å². The summed E-state index contributed by atoms with van der Waals surface area (Å²) in [4.78, 5) is 1.10. The second kappa shape index (κ2) is 9.98. The molecule has 0 saturated heterocycles. The van der Waals surface area contributed by atoms with Crippen molar-refractivity contribution in [3.8, 4) is 11.5 Å². The lowest BCUT2D eigenvalue weighted by Gasteiger charge is -2.08. The number of hydrogen-bond donors (Lipinski definition) is 0. The summed E-state index contributed by atoms with van der Waals surface area (Å²) in [5.74, 6) is 1.31. The molecule has 0 saturated carbocycles. The van der Waals surface area contributed by atoms with E-state index in [-0.39, 0.29) is 0 Å². The minimum atomic E-state index is -1.42. The van der Waals surface area contributed by atoms with Gasteiger partial charge in [0.05, 0.1) is 20.7 Å². The van der Waals surface area contributed by atoms with Gasteiger partial charge in [0.25, 0.3) is 0 Å². The molecule has 0 aliphatic rings. The van der Waals surface area contributed by atoms with Crippen LogP contribution in [0.1, 0.15) is 13.8 Å². The average Bonchev–Trinajstić information content (AvgIpc) is 2.67. The standard InChI is InChI=1S/C18H11Cl3O2S.C2H6/c19-12-1-4-14(5-2-12)23-15-6-8-16(9-7-15)24(22)18-11-13(20)3-10-17(18)21;1-2/h1-11H;1-2H3. The molecule has 3 aromatic rings. The van der Waals surface area contributed by atoms with Gasteiger partial charge >= 0.3 is 0 Å². The fourth-order valence-corrected chi connectivity index (χ4v) is 3.82. The summed E-state index contributed by atoms with van der Waals surface area (Å²) in [6.07, 6.45) is 0. The van der Waals surface area contributed by atoms with E-state index >= 15 is 0 Å². The third kappa shape index (κ3) is 5.49. The van der Waals surface area contributed by atoms with Crippen molar-refractivity contribution in [2.75, 3.05) is 0 Å². The van der Waals surface area contributed by atoms with E-state index in [4.69, 9.17) is 39.5 Å². The molecule has 6 heteroatoms. The second-order valence-corrected chi connectivity index (χ2v) is 7.60. The van der Waals surface area contributed by atoms with Gasteiger partial charge in [-0.1, -0.05) is 48.7 Å². The molecule has 0 bridgehead atoms. The van der Waals surface area contributed by atoms with Gasteiger partial charge in [0.1, 0.15) is 11.5 Å². The van der Waals surface area contributed by atoms with E-state index in [0.717, 1.165) is 0 Å². The summed E-state index contributed by atoms with van der Waals surface area (Å²) < 4.78 is 18.4. The maximum atomic E-state index is 12.6. The van der Waals surface area contributed by atoms with Crippen LogP contribution in [0.4, 0.5) is 0 Å². The lowest BCUT2D eigenvalue weighted by Crippen LogP contribution is -1.94. The molecule has 0 aliphatic carbocycles. The Hall–Kier alpha value is -1.52. The van der Waals surface area contributed by atoms with E-state index < -0.39 is 10.8 Å². The molecule has 3 aromatic carbocycles. The Kier molecular flexibility index (Phi) is 7.98. The smallest absolute Gasteiger partial charge is 0.127 e. The van der Waals surface area contributed by atoms with Crippen molar-refractivity contribution in [2.24, 2.45) is 0 Å². The first-order chi connectivity index (χ1) is 12.5. The molecular weight excluding hydrogens is 411 g/mol. The van der Waals surface area contributed by atoms with Gasteiger partial charge in [-0.3, -0.25) is 0 Å². The molecular formula is C20H17Cl3O2S. The number of hydrogen-bond acceptors (Lipinski definition) is 2. The van der Waals surface area contributed by atoms with Crippen LogP contribution >= 0.6 is 34.8 Å². The molecule has 0 radical (unpaired) electrons. The molecule has 0 aromatic heterocycles. The average molecular weight is 428 g/mol. The van der Waals surface area contributed by atoms with Gasteiger partial charge in [-0.2, -0.15) is 0 Å². The highest BCUT2D eigenvalue weighted by atomic mass is 35.5. The van der Waals surface area contributed by atoms with Gasteiger partial charge in [0.2, 0.25) is 0 Å². The first-order valence-electron chi connectivity index (χ1n) is 7.93. The van der Waals surface area contributed by atoms with Crippen molar-refractivity contribution in [3.63, 3.8) is 0 Å². The van der Waals surface area contributed by atoms with Crippen LogP contribution in [0.25, 0.3) is 0 Å². The van der Waals surface area contributed by atoms with Gasteiger partial charge in [-0.15, -0.1) is 0 Å². The van der Waals surface area contributed by atoms with Crippen LogP contribution in [0, 0.1) is 0 Å². The number of halogens is 3. The Morgan fingerprint density at radius 3 is 1.81 bits per heavy atom. The minimum absolute atomic E-state index is 0.416. The van der Waals surface area contributed by atoms with Gasteiger partial charge in [-0.05, 0) is 66.7 Å². The summed E-state index contributed by atoms with van der Waals surface area (Å²) in [6, 6.07) is 18.9. The summed E-state index contributed by atoms with van der Waals surface area (Å²) >= 11 is 17.9. The van der Waals surface area contributed by atoms with Crippen molar-refractivity contribution in [2.45, 2.75) is 23.6 Å². The van der Waals surface area contributed by atoms with Crippen LogP contribution in [-0.2, 0) is 10.8 Å². The van der Waals surface area contributed by atoms with E-state index in [9.17, 15) is 4.21 Å². The Morgan fingerprint density at radius 2 is 1.23 bits per heavy atom. The molecule has 136 valence electrons. The largest absolute Gasteiger partial charge is 0.457 e. The van der Waals surface area contributed by atoms with E-state index in [1.165, 1.54) is 0 Å². The first-order valence-corrected chi connectivity index (χ1v) is 10.2. The maximum absolute atomic E-state index is 12.6. The van der Waals surface area contributed by atoms with Crippen LogP contribution in [0.2, 0.25) is 15.1 Å². The van der Waals surface area contributed by atoms with Crippen molar-refractivity contribution < 1.29 is 8.95 Å². The normalized spacial score (nSPS) is 11.3. The molecule has 26 heavy (non-hydrogen) atoms. The van der Waals surface area contributed by atoms with Crippen molar-refractivity contribution in [1.82, 2.24) is 0 Å². The van der Waals surface area contributed by atoms with E-state index in [0.29, 0.717) is 36.4 Å². The highest BCUT2D eigenvalue weighted by molar-refractivity contribution is 7.85. The molecule has 3 rings (SSSR count).